The zero-order chi connectivity index (χ0) is 22.3. The van der Waals surface area contributed by atoms with Crippen LogP contribution in [-0.4, -0.2) is 11.9 Å². The Bertz CT molecular complexity index is 1150. The van der Waals surface area contributed by atoms with Gasteiger partial charge in [0.25, 0.3) is 0 Å². The number of Topliss-reactive ketones (excluding diaryl/α,β-unsaturated/α-hetero) is 1. The summed E-state index contributed by atoms with van der Waals surface area (Å²) >= 11 is 3.51. The first-order valence-electron chi connectivity index (χ1n) is 10.8. The van der Waals surface area contributed by atoms with Crippen molar-refractivity contribution in [2.75, 3.05) is 0 Å². The van der Waals surface area contributed by atoms with Gasteiger partial charge in [0.05, 0.1) is 11.6 Å². The molecule has 0 N–H and O–H groups in total. The van der Waals surface area contributed by atoms with E-state index in [0.717, 1.165) is 27.6 Å². The molecule has 0 aliphatic carbocycles. The minimum absolute atomic E-state index is 0.101. The summed E-state index contributed by atoms with van der Waals surface area (Å²) in [5.74, 6) is 0.658. The molecule has 1 aliphatic rings. The van der Waals surface area contributed by atoms with Gasteiger partial charge in [0.2, 0.25) is 0 Å². The second-order valence-electron chi connectivity index (χ2n) is 8.03. The van der Waals surface area contributed by atoms with Gasteiger partial charge >= 0.3 is 0 Å². The van der Waals surface area contributed by atoms with Crippen molar-refractivity contribution < 1.29 is 9.53 Å². The topological polar surface area (TPSA) is 50.1 Å². The molecule has 2 atom stereocenters. The number of hydrogen-bond acceptors (Lipinski definition) is 3. The van der Waals surface area contributed by atoms with E-state index in [2.05, 4.69) is 22.0 Å². The van der Waals surface area contributed by atoms with Gasteiger partial charge in [-0.15, -0.1) is 0 Å². The van der Waals surface area contributed by atoms with Crippen LogP contribution < -0.4 is 0 Å². The molecule has 0 spiro atoms. The lowest BCUT2D eigenvalue weighted by Gasteiger charge is -2.32. The summed E-state index contributed by atoms with van der Waals surface area (Å²) in [6, 6.07) is 30.2. The molecule has 32 heavy (non-hydrogen) atoms. The van der Waals surface area contributed by atoms with E-state index in [1.807, 2.05) is 84.9 Å². The van der Waals surface area contributed by atoms with Crippen molar-refractivity contribution in [3.8, 4) is 6.07 Å². The van der Waals surface area contributed by atoms with E-state index in [1.54, 1.807) is 0 Å². The molecule has 0 aromatic heterocycles. The maximum atomic E-state index is 12.8. The number of nitrogens with zero attached hydrogens (tertiary/aromatic N) is 1. The van der Waals surface area contributed by atoms with Crippen molar-refractivity contribution in [1.82, 2.24) is 0 Å². The Morgan fingerprint density at radius 3 is 2.41 bits per heavy atom. The Kier molecular flexibility index (Phi) is 7.19. The highest BCUT2D eigenvalue weighted by atomic mass is 79.9. The van der Waals surface area contributed by atoms with Gasteiger partial charge in [-0.05, 0) is 36.1 Å². The molecule has 1 heterocycles. The van der Waals surface area contributed by atoms with Gasteiger partial charge in [-0.25, -0.2) is 0 Å². The first-order chi connectivity index (χ1) is 15.6. The number of carbonyl (C=O) groups excluding carboxylic acids is 1. The molecule has 3 nitrogen and oxygen atoms in total. The largest absolute Gasteiger partial charge is 0.488 e. The third-order valence-corrected chi connectivity index (χ3v) is 6.27. The summed E-state index contributed by atoms with van der Waals surface area (Å²) in [7, 11) is 0. The summed E-state index contributed by atoms with van der Waals surface area (Å²) in [5, 5.41) is 10.0. The Morgan fingerprint density at radius 1 is 1.00 bits per heavy atom. The lowest BCUT2D eigenvalue weighted by Crippen LogP contribution is -2.26. The number of ether oxygens (including phenoxy) is 1. The molecule has 0 saturated heterocycles. The predicted octanol–water partition coefficient (Wildman–Crippen LogP) is 6.85. The number of carbonyl (C=O) groups is 1. The average molecular weight is 486 g/mol. The second kappa shape index (κ2) is 10.4. The first kappa shape index (κ1) is 22.0. The molecule has 0 bridgehead atoms. The first-order valence-corrected chi connectivity index (χ1v) is 11.6. The van der Waals surface area contributed by atoms with Crippen LogP contribution in [0, 0.1) is 11.3 Å². The van der Waals surface area contributed by atoms with E-state index < -0.39 is 0 Å². The highest BCUT2D eigenvalue weighted by Gasteiger charge is 2.33. The fourth-order valence-electron chi connectivity index (χ4n) is 4.20. The molecule has 0 fully saturated rings. The fraction of sp³-hybridized carbons (Fsp3) is 0.214. The number of rotatable bonds is 7. The van der Waals surface area contributed by atoms with Gasteiger partial charge < -0.3 is 4.74 Å². The van der Waals surface area contributed by atoms with Crippen molar-refractivity contribution in [3.05, 3.63) is 112 Å². The van der Waals surface area contributed by atoms with Gasteiger partial charge in [-0.1, -0.05) is 88.7 Å². The summed E-state index contributed by atoms with van der Waals surface area (Å²) < 4.78 is 7.24. The van der Waals surface area contributed by atoms with Gasteiger partial charge in [0.1, 0.15) is 17.6 Å². The van der Waals surface area contributed by atoms with Crippen molar-refractivity contribution in [1.29, 1.82) is 5.26 Å². The smallest absolute Gasteiger partial charge is 0.141 e. The normalized spacial score (nSPS) is 18.0. The molecule has 3 aromatic rings. The van der Waals surface area contributed by atoms with Crippen LogP contribution >= 0.6 is 15.9 Å². The Morgan fingerprint density at radius 2 is 1.72 bits per heavy atom. The molecule has 0 saturated carbocycles. The van der Waals surface area contributed by atoms with Crippen molar-refractivity contribution >= 4 is 27.5 Å². The van der Waals surface area contributed by atoms with E-state index in [4.69, 9.17) is 4.74 Å². The van der Waals surface area contributed by atoms with E-state index in [0.29, 0.717) is 30.6 Å². The van der Waals surface area contributed by atoms with E-state index in [9.17, 15) is 10.1 Å². The lowest BCUT2D eigenvalue weighted by molar-refractivity contribution is -0.121. The Balaban J connectivity index is 1.59. The summed E-state index contributed by atoms with van der Waals surface area (Å²) in [4.78, 5) is 12.8. The minimum atomic E-state index is -0.269. The minimum Gasteiger partial charge on any atom is -0.488 e. The third-order valence-electron chi connectivity index (χ3n) is 5.78. The van der Waals surface area contributed by atoms with E-state index in [-0.39, 0.29) is 17.8 Å². The van der Waals surface area contributed by atoms with Gasteiger partial charge in [-0.2, -0.15) is 5.26 Å². The van der Waals surface area contributed by atoms with Gasteiger partial charge in [0, 0.05) is 28.8 Å². The third kappa shape index (κ3) is 5.36. The molecule has 1 aliphatic heterocycles. The molecule has 0 unspecified atom stereocenters. The van der Waals surface area contributed by atoms with Crippen molar-refractivity contribution in [3.63, 3.8) is 0 Å². The summed E-state index contributed by atoms with van der Waals surface area (Å²) in [6.07, 6.45) is 1.90. The van der Waals surface area contributed by atoms with Crippen LogP contribution in [0.1, 0.15) is 41.9 Å². The number of nitriles is 1. The Hall–Kier alpha value is -3.16. The number of aryl methyl sites for hydroxylation is 1. The van der Waals surface area contributed by atoms with Crippen molar-refractivity contribution in [2.45, 2.75) is 37.7 Å². The maximum Gasteiger partial charge on any atom is 0.141 e. The molecule has 3 aromatic carbocycles. The van der Waals surface area contributed by atoms with Crippen LogP contribution in [0.4, 0.5) is 0 Å². The predicted molar refractivity (Wildman–Crippen MR) is 130 cm³/mol. The van der Waals surface area contributed by atoms with Gasteiger partial charge in [0.15, 0.2) is 0 Å². The van der Waals surface area contributed by atoms with E-state index in [1.165, 1.54) is 0 Å². The zero-order valence-corrected chi connectivity index (χ0v) is 19.3. The van der Waals surface area contributed by atoms with Gasteiger partial charge in [-0.3, -0.25) is 4.79 Å². The molecule has 4 rings (SSSR count). The summed E-state index contributed by atoms with van der Waals surface area (Å²) in [6.45, 7) is 0. The van der Waals surface area contributed by atoms with Crippen molar-refractivity contribution in [2.24, 2.45) is 0 Å². The van der Waals surface area contributed by atoms with E-state index >= 15 is 0 Å². The monoisotopic (exact) mass is 485 g/mol. The zero-order valence-electron chi connectivity index (χ0n) is 17.7. The Labute approximate surface area is 197 Å². The van der Waals surface area contributed by atoms with Crippen LogP contribution in [0.25, 0.3) is 5.76 Å². The maximum absolute atomic E-state index is 12.8. The highest BCUT2D eigenvalue weighted by molar-refractivity contribution is 9.10. The van der Waals surface area contributed by atoms with Crippen LogP contribution in [-0.2, 0) is 16.0 Å². The van der Waals surface area contributed by atoms with Crippen LogP contribution in [0.3, 0.4) is 0 Å². The SMILES string of the molecule is N#CC1=C(c2cccc(Br)c2)O[C@H](CC(=O)CCc2ccccc2)C[C@@H]1c1ccccc1. The average Bonchev–Trinajstić information content (AvgIpc) is 2.83. The molecular formula is C28H24BrNO2. The summed E-state index contributed by atoms with van der Waals surface area (Å²) in [5.41, 5.74) is 3.69. The molecule has 0 radical (unpaired) electrons. The number of benzene rings is 3. The quantitative estimate of drug-likeness (QED) is 0.367. The molecule has 0 amide bonds. The number of halogens is 1. The number of ketones is 1. The lowest BCUT2D eigenvalue weighted by atomic mass is 9.82. The second-order valence-corrected chi connectivity index (χ2v) is 8.95. The molecule has 160 valence electrons. The number of allylic oxidation sites excluding steroid dienone is 1. The fourth-order valence-corrected chi connectivity index (χ4v) is 4.60. The van der Waals surface area contributed by atoms with Crippen LogP contribution in [0.2, 0.25) is 0 Å². The molecular weight excluding hydrogens is 462 g/mol. The molecule has 4 heteroatoms. The standard InChI is InChI=1S/C28H24BrNO2/c29-23-13-7-12-22(16-23)28-27(19-30)26(21-10-5-2-6-11-21)18-25(32-28)17-24(31)15-14-20-8-3-1-4-9-20/h1-13,16,25-26H,14-15,17-18H2/t25-,26-/m1/s1. The highest BCUT2D eigenvalue weighted by Crippen LogP contribution is 2.41. The number of hydrogen-bond donors (Lipinski definition) is 0. The van der Waals surface area contributed by atoms with Crippen LogP contribution in [0.15, 0.2) is 95.0 Å². The van der Waals surface area contributed by atoms with Crippen LogP contribution in [0.5, 0.6) is 0 Å².